The van der Waals surface area contributed by atoms with Gasteiger partial charge in [0, 0.05) is 30.7 Å². The number of nitrogens with two attached hydrogens (primary N) is 1. The predicted molar refractivity (Wildman–Crippen MR) is 79.1 cm³/mol. The Hall–Kier alpha value is -0.460. The van der Waals surface area contributed by atoms with Crippen LogP contribution in [0.5, 0.6) is 0 Å². The average molecular weight is 329 g/mol. The number of hydrogen-bond acceptors (Lipinski definition) is 4. The first-order valence-electron chi connectivity index (χ1n) is 6.67. The van der Waals surface area contributed by atoms with Gasteiger partial charge in [-0.2, -0.15) is 0 Å². The summed E-state index contributed by atoms with van der Waals surface area (Å²) in [5, 5.41) is 9.71. The minimum atomic E-state index is -0.579. The third-order valence-corrected chi connectivity index (χ3v) is 4.22. The van der Waals surface area contributed by atoms with Crippen LogP contribution in [-0.2, 0) is 11.2 Å². The van der Waals surface area contributed by atoms with Crippen LogP contribution in [0, 0.1) is 0 Å². The van der Waals surface area contributed by atoms with E-state index < -0.39 is 6.10 Å². The third-order valence-electron chi connectivity index (χ3n) is 3.49. The lowest BCUT2D eigenvalue weighted by Crippen LogP contribution is -2.37. The molecule has 2 rings (SSSR count). The summed E-state index contributed by atoms with van der Waals surface area (Å²) in [5.41, 5.74) is 7.59. The molecule has 4 nitrogen and oxygen atoms in total. The Balaban J connectivity index is 1.93. The van der Waals surface area contributed by atoms with Gasteiger partial charge >= 0.3 is 0 Å². The van der Waals surface area contributed by atoms with Crippen LogP contribution < -0.4 is 5.73 Å². The predicted octanol–water partition coefficient (Wildman–Crippen LogP) is 1.32. The van der Waals surface area contributed by atoms with Crippen LogP contribution in [0.4, 0.5) is 0 Å². The zero-order chi connectivity index (χ0) is 13.7. The Morgan fingerprint density at radius 3 is 2.74 bits per heavy atom. The van der Waals surface area contributed by atoms with Crippen LogP contribution in [0.1, 0.15) is 17.2 Å². The Bertz CT molecular complexity index is 408. The summed E-state index contributed by atoms with van der Waals surface area (Å²) in [6.07, 6.45) is 0.421. The number of benzene rings is 1. The van der Waals surface area contributed by atoms with Gasteiger partial charge in [0.15, 0.2) is 0 Å². The van der Waals surface area contributed by atoms with Crippen molar-refractivity contribution >= 4 is 15.9 Å². The highest BCUT2D eigenvalue weighted by atomic mass is 79.9. The number of halogens is 1. The number of hydrogen-bond donors (Lipinski definition) is 2. The molecule has 1 saturated heterocycles. The molecule has 1 unspecified atom stereocenters. The van der Waals surface area contributed by atoms with Gasteiger partial charge in [-0.1, -0.05) is 28.1 Å². The molecule has 1 aromatic carbocycles. The maximum absolute atomic E-state index is 9.71. The number of morpholine rings is 1. The Morgan fingerprint density at radius 2 is 2.11 bits per heavy atom. The summed E-state index contributed by atoms with van der Waals surface area (Å²) in [7, 11) is 0. The van der Waals surface area contributed by atoms with Crippen molar-refractivity contribution in [3.63, 3.8) is 0 Å². The fourth-order valence-corrected chi connectivity index (χ4v) is 2.81. The Morgan fingerprint density at radius 1 is 1.37 bits per heavy atom. The molecule has 0 aliphatic carbocycles. The molecule has 0 saturated carbocycles. The fourth-order valence-electron chi connectivity index (χ4n) is 2.21. The number of nitrogens with zero attached hydrogens (tertiary/aromatic N) is 1. The van der Waals surface area contributed by atoms with E-state index in [1.54, 1.807) is 0 Å². The molecule has 0 amide bonds. The largest absolute Gasteiger partial charge is 0.387 e. The van der Waals surface area contributed by atoms with Crippen molar-refractivity contribution in [2.75, 3.05) is 39.4 Å². The van der Waals surface area contributed by atoms with Gasteiger partial charge in [-0.15, -0.1) is 0 Å². The number of aliphatic hydroxyl groups excluding tert-OH is 1. The minimum Gasteiger partial charge on any atom is -0.387 e. The summed E-state index contributed by atoms with van der Waals surface area (Å²) in [6.45, 7) is 5.00. The summed E-state index contributed by atoms with van der Waals surface area (Å²) in [6, 6.07) is 5.99. The van der Waals surface area contributed by atoms with Crippen molar-refractivity contribution in [2.45, 2.75) is 12.5 Å². The van der Waals surface area contributed by atoms with E-state index in [1.807, 2.05) is 12.1 Å². The standard InChI is InChI=1S/C14H21BrN2O2/c15-13-9-12(14(18)10-16)2-1-11(13)3-4-17-5-7-19-8-6-17/h1-2,9,14,18H,3-8,10,16H2. The molecule has 0 aromatic heterocycles. The molecule has 1 aliphatic heterocycles. The zero-order valence-electron chi connectivity index (χ0n) is 11.0. The van der Waals surface area contributed by atoms with Gasteiger partial charge < -0.3 is 15.6 Å². The molecule has 1 aromatic rings. The smallest absolute Gasteiger partial charge is 0.0912 e. The quantitative estimate of drug-likeness (QED) is 0.855. The van der Waals surface area contributed by atoms with E-state index >= 15 is 0 Å². The van der Waals surface area contributed by atoms with Crippen LogP contribution >= 0.6 is 15.9 Å². The number of aliphatic hydroxyl groups is 1. The van der Waals surface area contributed by atoms with Crippen molar-refractivity contribution in [1.29, 1.82) is 0 Å². The van der Waals surface area contributed by atoms with E-state index in [0.29, 0.717) is 0 Å². The van der Waals surface area contributed by atoms with E-state index in [-0.39, 0.29) is 6.54 Å². The van der Waals surface area contributed by atoms with Crippen molar-refractivity contribution in [2.24, 2.45) is 5.73 Å². The van der Waals surface area contributed by atoms with Gasteiger partial charge in [-0.05, 0) is 23.6 Å². The monoisotopic (exact) mass is 328 g/mol. The van der Waals surface area contributed by atoms with Crippen LogP contribution in [0.2, 0.25) is 0 Å². The molecule has 0 bridgehead atoms. The molecule has 0 spiro atoms. The van der Waals surface area contributed by atoms with Gasteiger partial charge in [0.2, 0.25) is 0 Å². The van der Waals surface area contributed by atoms with Crippen molar-refractivity contribution in [3.05, 3.63) is 33.8 Å². The number of ether oxygens (including phenoxy) is 1. The van der Waals surface area contributed by atoms with Crippen LogP contribution in [0.3, 0.4) is 0 Å². The molecule has 1 fully saturated rings. The van der Waals surface area contributed by atoms with Crippen LogP contribution in [0.25, 0.3) is 0 Å². The fraction of sp³-hybridized carbons (Fsp3) is 0.571. The summed E-state index contributed by atoms with van der Waals surface area (Å²) < 4.78 is 6.39. The lowest BCUT2D eigenvalue weighted by Gasteiger charge is -2.26. The van der Waals surface area contributed by atoms with Crippen molar-refractivity contribution < 1.29 is 9.84 Å². The molecule has 5 heteroatoms. The SMILES string of the molecule is NCC(O)c1ccc(CCN2CCOCC2)c(Br)c1. The van der Waals surface area contributed by atoms with Gasteiger partial charge in [0.05, 0.1) is 19.3 Å². The highest BCUT2D eigenvalue weighted by Crippen LogP contribution is 2.23. The second-order valence-electron chi connectivity index (χ2n) is 4.81. The summed E-state index contributed by atoms with van der Waals surface area (Å²) in [4.78, 5) is 2.42. The van der Waals surface area contributed by atoms with Crippen LogP contribution in [0.15, 0.2) is 22.7 Å². The zero-order valence-corrected chi connectivity index (χ0v) is 12.6. The first-order chi connectivity index (χ1) is 9.20. The topological polar surface area (TPSA) is 58.7 Å². The maximum Gasteiger partial charge on any atom is 0.0912 e. The van der Waals surface area contributed by atoms with Gasteiger partial charge in [-0.3, -0.25) is 4.90 Å². The minimum absolute atomic E-state index is 0.250. The summed E-state index contributed by atoms with van der Waals surface area (Å²) >= 11 is 3.57. The lowest BCUT2D eigenvalue weighted by molar-refractivity contribution is 0.0384. The molecule has 106 valence electrons. The molecule has 19 heavy (non-hydrogen) atoms. The first kappa shape index (κ1) is 14.9. The van der Waals surface area contributed by atoms with Crippen molar-refractivity contribution in [3.8, 4) is 0 Å². The van der Waals surface area contributed by atoms with Gasteiger partial charge in [0.25, 0.3) is 0 Å². The molecule has 1 aliphatic rings. The van der Waals surface area contributed by atoms with E-state index in [9.17, 15) is 5.11 Å². The van der Waals surface area contributed by atoms with Crippen molar-refractivity contribution in [1.82, 2.24) is 4.90 Å². The highest BCUT2D eigenvalue weighted by molar-refractivity contribution is 9.10. The van der Waals surface area contributed by atoms with E-state index in [4.69, 9.17) is 10.5 Å². The molecular formula is C14H21BrN2O2. The number of rotatable bonds is 5. The first-order valence-corrected chi connectivity index (χ1v) is 7.46. The maximum atomic E-state index is 9.71. The third kappa shape index (κ3) is 4.26. The summed E-state index contributed by atoms with van der Waals surface area (Å²) in [5.74, 6) is 0. The van der Waals surface area contributed by atoms with E-state index in [2.05, 4.69) is 26.9 Å². The van der Waals surface area contributed by atoms with E-state index in [1.165, 1.54) is 5.56 Å². The second kappa shape index (κ2) is 7.36. The Kier molecular flexibility index (Phi) is 5.78. The van der Waals surface area contributed by atoms with Gasteiger partial charge in [-0.25, -0.2) is 0 Å². The van der Waals surface area contributed by atoms with E-state index in [0.717, 1.165) is 49.3 Å². The molecule has 0 radical (unpaired) electrons. The highest BCUT2D eigenvalue weighted by Gasteiger charge is 2.12. The second-order valence-corrected chi connectivity index (χ2v) is 5.66. The lowest BCUT2D eigenvalue weighted by atomic mass is 10.1. The average Bonchev–Trinajstić information content (AvgIpc) is 2.46. The van der Waals surface area contributed by atoms with Gasteiger partial charge in [0.1, 0.15) is 0 Å². The normalized spacial score (nSPS) is 18.5. The molecule has 1 heterocycles. The Labute approximate surface area is 122 Å². The molecule has 1 atom stereocenters. The molecule has 3 N–H and O–H groups in total. The molecular weight excluding hydrogens is 308 g/mol. The van der Waals surface area contributed by atoms with Crippen LogP contribution in [-0.4, -0.2) is 49.4 Å².